The van der Waals surface area contributed by atoms with Gasteiger partial charge in [0.25, 0.3) is 0 Å². The Kier molecular flexibility index (Phi) is 5.62. The number of amides is 1. The smallest absolute Gasteiger partial charge is 0.225 e. The van der Waals surface area contributed by atoms with Crippen LogP contribution in [0.2, 0.25) is 0 Å². The summed E-state index contributed by atoms with van der Waals surface area (Å²) in [5, 5.41) is 7.12. The molecule has 1 aliphatic rings. The van der Waals surface area contributed by atoms with Gasteiger partial charge in [-0.2, -0.15) is 5.10 Å². The standard InChI is InChI=1S/C17H24N6O2/c1-25-15-9-14(11-23-8-4-16(18)21-23)22(12-15)7-5-17(24)20-13-3-2-6-19-10-13/h2-4,6,8,10,14-15H,5,7,9,11-12H2,1H3,(H2,18,21)(H,20,24)/t14-,15-/m0/s1. The first-order valence-electron chi connectivity index (χ1n) is 8.39. The molecule has 2 atom stereocenters. The van der Waals surface area contributed by atoms with E-state index in [0.29, 0.717) is 24.5 Å². The number of aromatic nitrogens is 3. The number of nitrogens with one attached hydrogen (secondary N) is 1. The zero-order valence-electron chi connectivity index (χ0n) is 14.3. The zero-order valence-corrected chi connectivity index (χ0v) is 14.3. The maximum atomic E-state index is 12.2. The van der Waals surface area contributed by atoms with E-state index in [1.165, 1.54) is 0 Å². The minimum Gasteiger partial charge on any atom is -0.382 e. The van der Waals surface area contributed by atoms with Crippen LogP contribution in [0.25, 0.3) is 0 Å². The second-order valence-corrected chi connectivity index (χ2v) is 6.24. The van der Waals surface area contributed by atoms with Gasteiger partial charge < -0.3 is 15.8 Å². The van der Waals surface area contributed by atoms with E-state index in [4.69, 9.17) is 10.5 Å². The number of rotatable bonds is 7. The lowest BCUT2D eigenvalue weighted by molar-refractivity contribution is -0.116. The number of carbonyl (C=O) groups excluding carboxylic acids is 1. The van der Waals surface area contributed by atoms with Crippen molar-refractivity contribution < 1.29 is 9.53 Å². The minimum absolute atomic E-state index is 0.0176. The molecule has 0 unspecified atom stereocenters. The summed E-state index contributed by atoms with van der Waals surface area (Å²) in [6, 6.07) is 5.68. The largest absolute Gasteiger partial charge is 0.382 e. The van der Waals surface area contributed by atoms with Crippen LogP contribution in [0, 0.1) is 0 Å². The Labute approximate surface area is 147 Å². The van der Waals surface area contributed by atoms with E-state index in [0.717, 1.165) is 19.5 Å². The average Bonchev–Trinajstić information content (AvgIpc) is 3.20. The molecule has 0 spiro atoms. The van der Waals surface area contributed by atoms with Gasteiger partial charge in [0.15, 0.2) is 0 Å². The van der Waals surface area contributed by atoms with Crippen LogP contribution in [0.15, 0.2) is 36.8 Å². The average molecular weight is 344 g/mol. The molecule has 2 aromatic heterocycles. The molecule has 1 saturated heterocycles. The van der Waals surface area contributed by atoms with Gasteiger partial charge in [-0.25, -0.2) is 0 Å². The normalized spacial score (nSPS) is 20.7. The van der Waals surface area contributed by atoms with Crippen molar-refractivity contribution in [2.45, 2.75) is 31.5 Å². The number of methoxy groups -OCH3 is 1. The Morgan fingerprint density at radius 2 is 2.36 bits per heavy atom. The van der Waals surface area contributed by atoms with Gasteiger partial charge in [0.2, 0.25) is 5.91 Å². The van der Waals surface area contributed by atoms with Crippen LogP contribution in [-0.4, -0.2) is 57.9 Å². The maximum Gasteiger partial charge on any atom is 0.225 e. The van der Waals surface area contributed by atoms with Crippen LogP contribution in [0.1, 0.15) is 12.8 Å². The van der Waals surface area contributed by atoms with Crippen molar-refractivity contribution >= 4 is 17.4 Å². The number of carbonyl (C=O) groups is 1. The van der Waals surface area contributed by atoms with Gasteiger partial charge in [0, 0.05) is 45.1 Å². The second-order valence-electron chi connectivity index (χ2n) is 6.24. The molecule has 0 bridgehead atoms. The van der Waals surface area contributed by atoms with Crippen LogP contribution >= 0.6 is 0 Å². The number of anilines is 2. The lowest BCUT2D eigenvalue weighted by Crippen LogP contribution is -2.35. The van der Waals surface area contributed by atoms with E-state index in [1.807, 2.05) is 16.9 Å². The first-order valence-corrected chi connectivity index (χ1v) is 8.39. The molecule has 25 heavy (non-hydrogen) atoms. The fraction of sp³-hybridized carbons (Fsp3) is 0.471. The molecular formula is C17H24N6O2. The topological polar surface area (TPSA) is 98.3 Å². The fourth-order valence-corrected chi connectivity index (χ4v) is 3.17. The molecule has 0 aliphatic carbocycles. The van der Waals surface area contributed by atoms with E-state index in [1.54, 1.807) is 31.6 Å². The first-order chi connectivity index (χ1) is 12.1. The predicted molar refractivity (Wildman–Crippen MR) is 94.9 cm³/mol. The summed E-state index contributed by atoms with van der Waals surface area (Å²) in [7, 11) is 1.73. The Morgan fingerprint density at radius 3 is 3.04 bits per heavy atom. The van der Waals surface area contributed by atoms with E-state index in [-0.39, 0.29) is 18.1 Å². The quantitative estimate of drug-likeness (QED) is 0.777. The van der Waals surface area contributed by atoms with Crippen LogP contribution in [0.4, 0.5) is 11.5 Å². The summed E-state index contributed by atoms with van der Waals surface area (Å²) in [6.45, 7) is 2.23. The highest BCUT2D eigenvalue weighted by atomic mass is 16.5. The Balaban J connectivity index is 1.54. The van der Waals surface area contributed by atoms with Crippen LogP contribution < -0.4 is 11.1 Å². The summed E-state index contributed by atoms with van der Waals surface area (Å²) < 4.78 is 7.36. The molecule has 1 fully saturated rings. The van der Waals surface area contributed by atoms with Crippen molar-refractivity contribution in [3.63, 3.8) is 0 Å². The molecule has 3 rings (SSSR count). The van der Waals surface area contributed by atoms with Gasteiger partial charge in [-0.05, 0) is 24.6 Å². The van der Waals surface area contributed by atoms with Crippen LogP contribution in [-0.2, 0) is 16.1 Å². The number of hydrogen-bond acceptors (Lipinski definition) is 6. The lowest BCUT2D eigenvalue weighted by Gasteiger charge is -2.23. The highest BCUT2D eigenvalue weighted by Crippen LogP contribution is 2.22. The summed E-state index contributed by atoms with van der Waals surface area (Å²) in [4.78, 5) is 18.4. The van der Waals surface area contributed by atoms with Crippen molar-refractivity contribution in [2.75, 3.05) is 31.2 Å². The Morgan fingerprint density at radius 1 is 1.48 bits per heavy atom. The van der Waals surface area contributed by atoms with Gasteiger partial charge in [-0.3, -0.25) is 19.4 Å². The molecule has 0 radical (unpaired) electrons. The van der Waals surface area contributed by atoms with Gasteiger partial charge >= 0.3 is 0 Å². The number of ether oxygens (including phenoxy) is 1. The molecule has 8 nitrogen and oxygen atoms in total. The molecular weight excluding hydrogens is 320 g/mol. The number of nitrogens with zero attached hydrogens (tertiary/aromatic N) is 4. The van der Waals surface area contributed by atoms with Gasteiger partial charge in [-0.15, -0.1) is 0 Å². The monoisotopic (exact) mass is 344 g/mol. The third-order valence-electron chi connectivity index (χ3n) is 4.45. The first kappa shape index (κ1) is 17.4. The van der Waals surface area contributed by atoms with E-state index in [2.05, 4.69) is 20.3 Å². The SMILES string of the molecule is CO[C@H]1C[C@@H](Cn2ccc(N)n2)N(CCC(=O)Nc2cccnc2)C1. The molecule has 0 aromatic carbocycles. The van der Waals surface area contributed by atoms with Crippen molar-refractivity contribution in [1.82, 2.24) is 19.7 Å². The highest BCUT2D eigenvalue weighted by molar-refractivity contribution is 5.90. The van der Waals surface area contributed by atoms with Gasteiger partial charge in [0.1, 0.15) is 5.82 Å². The number of nitrogens with two attached hydrogens (primary N) is 1. The third-order valence-corrected chi connectivity index (χ3v) is 4.45. The number of likely N-dealkylation sites (tertiary alicyclic amines) is 1. The molecule has 3 N–H and O–H groups in total. The van der Waals surface area contributed by atoms with Crippen LogP contribution in [0.3, 0.4) is 0 Å². The van der Waals surface area contributed by atoms with Crippen molar-refractivity contribution in [1.29, 1.82) is 0 Å². The molecule has 134 valence electrons. The molecule has 1 aliphatic heterocycles. The summed E-state index contributed by atoms with van der Waals surface area (Å²) in [5.41, 5.74) is 6.40. The molecule has 3 heterocycles. The van der Waals surface area contributed by atoms with Crippen molar-refractivity contribution in [3.05, 3.63) is 36.8 Å². The zero-order chi connectivity index (χ0) is 17.6. The van der Waals surface area contributed by atoms with Gasteiger partial charge in [0.05, 0.1) is 24.5 Å². The van der Waals surface area contributed by atoms with Crippen molar-refractivity contribution in [3.8, 4) is 0 Å². The lowest BCUT2D eigenvalue weighted by atomic mass is 10.2. The fourth-order valence-electron chi connectivity index (χ4n) is 3.17. The Hall–Kier alpha value is -2.45. The molecule has 0 saturated carbocycles. The molecule has 8 heteroatoms. The maximum absolute atomic E-state index is 12.2. The summed E-state index contributed by atoms with van der Waals surface area (Å²) in [5.74, 6) is 0.500. The number of pyridine rings is 1. The van der Waals surface area contributed by atoms with E-state index >= 15 is 0 Å². The van der Waals surface area contributed by atoms with Crippen LogP contribution in [0.5, 0.6) is 0 Å². The van der Waals surface area contributed by atoms with E-state index < -0.39 is 0 Å². The second kappa shape index (κ2) is 8.09. The number of hydrogen-bond donors (Lipinski definition) is 2. The summed E-state index contributed by atoms with van der Waals surface area (Å²) >= 11 is 0. The third kappa shape index (κ3) is 4.77. The Bertz CT molecular complexity index is 689. The van der Waals surface area contributed by atoms with Crippen molar-refractivity contribution in [2.24, 2.45) is 0 Å². The summed E-state index contributed by atoms with van der Waals surface area (Å²) in [6.07, 6.45) is 6.71. The van der Waals surface area contributed by atoms with Gasteiger partial charge in [-0.1, -0.05) is 0 Å². The predicted octanol–water partition coefficient (Wildman–Crippen LogP) is 0.978. The molecule has 2 aromatic rings. The number of nitrogen functional groups attached to an aromatic ring is 1. The molecule has 1 amide bonds. The highest BCUT2D eigenvalue weighted by Gasteiger charge is 2.32. The van der Waals surface area contributed by atoms with E-state index in [9.17, 15) is 4.79 Å². The minimum atomic E-state index is -0.0176.